The lowest BCUT2D eigenvalue weighted by atomic mass is 9.97. The topological polar surface area (TPSA) is 80.3 Å². The Hall–Kier alpha value is -1.84. The van der Waals surface area contributed by atoms with Gasteiger partial charge in [0.15, 0.2) is 0 Å². The summed E-state index contributed by atoms with van der Waals surface area (Å²) >= 11 is 0. The van der Waals surface area contributed by atoms with Crippen molar-refractivity contribution in [3.8, 4) is 0 Å². The molecule has 0 unspecified atom stereocenters. The zero-order chi connectivity index (χ0) is 11.0. The molecule has 0 aliphatic heterocycles. The molecule has 0 aromatic heterocycles. The van der Waals surface area contributed by atoms with Crippen LogP contribution in [0.3, 0.4) is 0 Å². The first-order valence-corrected chi connectivity index (χ1v) is 4.68. The number of carbonyl (C=O) groups is 2. The van der Waals surface area contributed by atoms with E-state index in [0.29, 0.717) is 12.0 Å². The van der Waals surface area contributed by atoms with Crippen LogP contribution in [0.15, 0.2) is 12.1 Å². The Morgan fingerprint density at radius 1 is 1.07 bits per heavy atom. The summed E-state index contributed by atoms with van der Waals surface area (Å²) in [7, 11) is 0. The second kappa shape index (κ2) is 3.38. The lowest BCUT2D eigenvalue weighted by molar-refractivity contribution is -0.259. The van der Waals surface area contributed by atoms with E-state index in [-0.39, 0.29) is 11.1 Å². The molecule has 1 aliphatic carbocycles. The number of fused-ring (bicyclic) bond motifs is 1. The summed E-state index contributed by atoms with van der Waals surface area (Å²) in [6.45, 7) is 0. The summed E-state index contributed by atoms with van der Waals surface area (Å²) in [6.07, 6.45) is 2.24. The molecule has 0 amide bonds. The lowest BCUT2D eigenvalue weighted by Gasteiger charge is -2.15. The third kappa shape index (κ3) is 1.48. The molecule has 0 radical (unpaired) electrons. The summed E-state index contributed by atoms with van der Waals surface area (Å²) in [4.78, 5) is 21.6. The maximum atomic E-state index is 10.9. The lowest BCUT2D eigenvalue weighted by Crippen LogP contribution is -2.31. The first-order valence-electron chi connectivity index (χ1n) is 4.68. The van der Waals surface area contributed by atoms with Crippen LogP contribution in [-0.2, 0) is 12.8 Å². The Labute approximate surface area is 86.2 Å². The fourth-order valence-corrected chi connectivity index (χ4v) is 2.07. The minimum Gasteiger partial charge on any atom is -0.545 e. The van der Waals surface area contributed by atoms with E-state index < -0.39 is 11.9 Å². The highest BCUT2D eigenvalue weighted by Gasteiger charge is 2.18. The monoisotopic (exact) mass is 204 g/mol. The van der Waals surface area contributed by atoms with Crippen LogP contribution < -0.4 is 10.2 Å². The van der Waals surface area contributed by atoms with Crippen LogP contribution in [0.5, 0.6) is 0 Å². The van der Waals surface area contributed by atoms with Crippen LogP contribution in [0, 0.1) is 0 Å². The summed E-state index contributed by atoms with van der Waals surface area (Å²) in [5, 5.41) is 21.6. The van der Waals surface area contributed by atoms with Crippen LogP contribution in [0.25, 0.3) is 0 Å². The average molecular weight is 204 g/mol. The SMILES string of the molecule is O=C([O-])c1ccc2c(c1C(=O)[O-])CCC2. The average Bonchev–Trinajstić information content (AvgIpc) is 2.62. The van der Waals surface area contributed by atoms with E-state index in [1.54, 1.807) is 6.07 Å². The molecule has 1 aromatic rings. The predicted molar refractivity (Wildman–Crippen MR) is 47.1 cm³/mol. The van der Waals surface area contributed by atoms with Gasteiger partial charge in [-0.05, 0) is 30.4 Å². The molecule has 1 aromatic carbocycles. The van der Waals surface area contributed by atoms with E-state index in [2.05, 4.69) is 0 Å². The standard InChI is InChI=1S/C11H10O4/c12-10(13)8-5-4-6-2-1-3-7(6)9(8)11(14)15/h4-5H,1-3H2,(H,12,13)(H,14,15)/p-2. The Balaban J connectivity index is 2.69. The number of rotatable bonds is 2. The largest absolute Gasteiger partial charge is 0.545 e. The van der Waals surface area contributed by atoms with E-state index in [9.17, 15) is 19.8 Å². The summed E-state index contributed by atoms with van der Waals surface area (Å²) in [5.41, 5.74) is 1.01. The molecule has 2 rings (SSSR count). The number of aryl methyl sites for hydroxylation is 1. The van der Waals surface area contributed by atoms with Crippen molar-refractivity contribution in [2.45, 2.75) is 19.3 Å². The van der Waals surface area contributed by atoms with Gasteiger partial charge in [0.1, 0.15) is 0 Å². The fourth-order valence-electron chi connectivity index (χ4n) is 2.07. The highest BCUT2D eigenvalue weighted by molar-refractivity contribution is 6.01. The number of benzene rings is 1. The maximum Gasteiger partial charge on any atom is 0.0724 e. The second-order valence-corrected chi connectivity index (χ2v) is 3.55. The van der Waals surface area contributed by atoms with Gasteiger partial charge < -0.3 is 19.8 Å². The van der Waals surface area contributed by atoms with Gasteiger partial charge in [-0.1, -0.05) is 12.1 Å². The van der Waals surface area contributed by atoms with Gasteiger partial charge in [0.25, 0.3) is 0 Å². The van der Waals surface area contributed by atoms with Crippen molar-refractivity contribution in [2.24, 2.45) is 0 Å². The van der Waals surface area contributed by atoms with Crippen LogP contribution >= 0.6 is 0 Å². The van der Waals surface area contributed by atoms with Crippen molar-refractivity contribution in [2.75, 3.05) is 0 Å². The highest BCUT2D eigenvalue weighted by Crippen LogP contribution is 2.27. The van der Waals surface area contributed by atoms with Crippen LogP contribution in [0.2, 0.25) is 0 Å². The van der Waals surface area contributed by atoms with Gasteiger partial charge in [-0.3, -0.25) is 0 Å². The molecule has 0 N–H and O–H groups in total. The molecule has 0 fully saturated rings. The Kier molecular flexibility index (Phi) is 2.19. The second-order valence-electron chi connectivity index (χ2n) is 3.55. The first kappa shape index (κ1) is 9.71. The predicted octanol–water partition coefficient (Wildman–Crippen LogP) is -1.10. The quantitative estimate of drug-likeness (QED) is 0.612. The highest BCUT2D eigenvalue weighted by atomic mass is 16.4. The number of carbonyl (C=O) groups excluding carboxylic acids is 2. The Morgan fingerprint density at radius 3 is 2.40 bits per heavy atom. The third-order valence-corrected chi connectivity index (χ3v) is 2.71. The van der Waals surface area contributed by atoms with E-state index >= 15 is 0 Å². The molecule has 15 heavy (non-hydrogen) atoms. The van der Waals surface area contributed by atoms with Crippen molar-refractivity contribution in [3.05, 3.63) is 34.4 Å². The molecule has 0 heterocycles. The number of aromatic carboxylic acids is 2. The molecule has 78 valence electrons. The molecule has 4 heteroatoms. The number of carboxylic acids is 2. The zero-order valence-corrected chi connectivity index (χ0v) is 7.91. The van der Waals surface area contributed by atoms with Gasteiger partial charge in [0, 0.05) is 11.1 Å². The zero-order valence-electron chi connectivity index (χ0n) is 7.91. The molecule has 0 saturated heterocycles. The molecule has 1 aliphatic rings. The smallest absolute Gasteiger partial charge is 0.0724 e. The van der Waals surface area contributed by atoms with Gasteiger partial charge in [0.05, 0.1) is 11.9 Å². The summed E-state index contributed by atoms with van der Waals surface area (Å²) in [5.74, 6) is -2.91. The Morgan fingerprint density at radius 2 is 1.80 bits per heavy atom. The van der Waals surface area contributed by atoms with Crippen molar-refractivity contribution in [1.82, 2.24) is 0 Å². The van der Waals surface area contributed by atoms with Crippen LogP contribution in [0.4, 0.5) is 0 Å². The fraction of sp³-hybridized carbons (Fsp3) is 0.273. The number of hydrogen-bond acceptors (Lipinski definition) is 4. The van der Waals surface area contributed by atoms with Crippen molar-refractivity contribution in [1.29, 1.82) is 0 Å². The van der Waals surface area contributed by atoms with E-state index in [0.717, 1.165) is 18.4 Å². The van der Waals surface area contributed by atoms with Crippen molar-refractivity contribution >= 4 is 11.9 Å². The summed E-state index contributed by atoms with van der Waals surface area (Å²) in [6, 6.07) is 2.94. The molecule has 0 bridgehead atoms. The summed E-state index contributed by atoms with van der Waals surface area (Å²) < 4.78 is 0. The molecule has 0 atom stereocenters. The van der Waals surface area contributed by atoms with Crippen LogP contribution in [0.1, 0.15) is 38.3 Å². The minimum atomic E-state index is -1.47. The van der Waals surface area contributed by atoms with Crippen molar-refractivity contribution in [3.63, 3.8) is 0 Å². The number of hydrogen-bond donors (Lipinski definition) is 0. The van der Waals surface area contributed by atoms with Crippen LogP contribution in [-0.4, -0.2) is 11.9 Å². The molecular formula is C11H8O4-2. The van der Waals surface area contributed by atoms with Gasteiger partial charge in [0.2, 0.25) is 0 Å². The normalized spacial score (nSPS) is 13.6. The van der Waals surface area contributed by atoms with Crippen molar-refractivity contribution < 1.29 is 19.8 Å². The Bertz CT molecular complexity index is 448. The molecule has 0 spiro atoms. The van der Waals surface area contributed by atoms with E-state index in [4.69, 9.17) is 0 Å². The molecule has 4 nitrogen and oxygen atoms in total. The minimum absolute atomic E-state index is 0.204. The van der Waals surface area contributed by atoms with Gasteiger partial charge in [-0.2, -0.15) is 0 Å². The molecule has 0 saturated carbocycles. The van der Waals surface area contributed by atoms with E-state index in [1.807, 2.05) is 0 Å². The van der Waals surface area contributed by atoms with E-state index in [1.165, 1.54) is 6.07 Å². The number of carboxylic acid groups (broad SMARTS) is 2. The van der Waals surface area contributed by atoms with Gasteiger partial charge in [-0.25, -0.2) is 0 Å². The third-order valence-electron chi connectivity index (χ3n) is 2.71. The molecular weight excluding hydrogens is 196 g/mol. The first-order chi connectivity index (χ1) is 7.11. The van der Waals surface area contributed by atoms with Gasteiger partial charge in [-0.15, -0.1) is 0 Å². The van der Waals surface area contributed by atoms with Gasteiger partial charge >= 0.3 is 0 Å². The maximum absolute atomic E-state index is 10.9.